The van der Waals surface area contributed by atoms with E-state index in [1.54, 1.807) is 0 Å². The van der Waals surface area contributed by atoms with Crippen LogP contribution in [0.5, 0.6) is 0 Å². The molecule has 0 aliphatic rings. The summed E-state index contributed by atoms with van der Waals surface area (Å²) >= 11 is 15.4. The highest BCUT2D eigenvalue weighted by Crippen LogP contribution is 2.33. The van der Waals surface area contributed by atoms with Gasteiger partial charge in [-0.15, -0.1) is 0 Å². The molecule has 82 valence electrons. The lowest BCUT2D eigenvalue weighted by Crippen LogP contribution is -2.00. The van der Waals surface area contributed by atoms with E-state index in [4.69, 9.17) is 23.2 Å². The van der Waals surface area contributed by atoms with Gasteiger partial charge in [-0.05, 0) is 26.0 Å². The second kappa shape index (κ2) is 5.78. The van der Waals surface area contributed by atoms with Crippen LogP contribution in [0.3, 0.4) is 0 Å². The second-order valence-electron chi connectivity index (χ2n) is 3.41. The number of allylic oxidation sites excluding steroid dienone is 1. The minimum atomic E-state index is 0.622. The molecule has 1 N–H and O–H groups in total. The average molecular weight is 309 g/mol. The molecular formula is C11H12BrCl2N. The van der Waals surface area contributed by atoms with Gasteiger partial charge in [-0.1, -0.05) is 50.8 Å². The number of hydrogen-bond donors (Lipinski definition) is 1. The zero-order chi connectivity index (χ0) is 11.4. The lowest BCUT2D eigenvalue weighted by atomic mass is 10.3. The first-order valence-electron chi connectivity index (χ1n) is 4.52. The average Bonchev–Trinajstić information content (AvgIpc) is 2.08. The Kier molecular flexibility index (Phi) is 4.97. The highest BCUT2D eigenvalue weighted by molar-refractivity contribution is 9.10. The van der Waals surface area contributed by atoms with Crippen molar-refractivity contribution in [1.82, 2.24) is 0 Å². The molecule has 0 radical (unpaired) electrons. The second-order valence-corrected chi connectivity index (χ2v) is 5.14. The van der Waals surface area contributed by atoms with Gasteiger partial charge in [0.15, 0.2) is 0 Å². The van der Waals surface area contributed by atoms with Gasteiger partial charge in [0.1, 0.15) is 0 Å². The molecule has 0 aliphatic carbocycles. The Balaban J connectivity index is 2.81. The van der Waals surface area contributed by atoms with E-state index in [1.807, 2.05) is 26.0 Å². The number of benzene rings is 1. The molecule has 4 heteroatoms. The van der Waals surface area contributed by atoms with E-state index >= 15 is 0 Å². The molecule has 0 aromatic heterocycles. The van der Waals surface area contributed by atoms with Crippen molar-refractivity contribution in [1.29, 1.82) is 0 Å². The Bertz CT molecular complexity index is 361. The lowest BCUT2D eigenvalue weighted by Gasteiger charge is -2.09. The van der Waals surface area contributed by atoms with Crippen LogP contribution in [-0.4, -0.2) is 6.54 Å². The van der Waals surface area contributed by atoms with Gasteiger partial charge in [-0.25, -0.2) is 0 Å². The summed E-state index contributed by atoms with van der Waals surface area (Å²) in [5.41, 5.74) is 2.03. The molecule has 1 aromatic rings. The monoisotopic (exact) mass is 307 g/mol. The van der Waals surface area contributed by atoms with Crippen molar-refractivity contribution in [2.75, 3.05) is 11.9 Å². The third kappa shape index (κ3) is 4.06. The van der Waals surface area contributed by atoms with Crippen LogP contribution in [0.2, 0.25) is 10.0 Å². The molecule has 1 rings (SSSR count). The topological polar surface area (TPSA) is 12.0 Å². The standard InChI is InChI=1S/C11H12BrCl2N/c1-7(2)3-4-15-11-9(13)5-8(12)6-10(11)14/h3,5-6,15H,4H2,1-2H3. The maximum atomic E-state index is 6.05. The number of halogens is 3. The van der Waals surface area contributed by atoms with Gasteiger partial charge in [0.25, 0.3) is 0 Å². The molecule has 0 saturated carbocycles. The summed E-state index contributed by atoms with van der Waals surface area (Å²) in [4.78, 5) is 0. The smallest absolute Gasteiger partial charge is 0.0722 e. The van der Waals surface area contributed by atoms with Crippen molar-refractivity contribution in [3.8, 4) is 0 Å². The summed E-state index contributed by atoms with van der Waals surface area (Å²) in [6, 6.07) is 3.64. The Labute approximate surface area is 109 Å². The number of rotatable bonds is 3. The molecule has 0 unspecified atom stereocenters. The summed E-state index contributed by atoms with van der Waals surface area (Å²) in [5, 5.41) is 4.42. The summed E-state index contributed by atoms with van der Waals surface area (Å²) in [7, 11) is 0. The van der Waals surface area contributed by atoms with Crippen LogP contribution >= 0.6 is 39.1 Å². The zero-order valence-corrected chi connectivity index (χ0v) is 11.7. The fourth-order valence-electron chi connectivity index (χ4n) is 1.07. The first-order valence-corrected chi connectivity index (χ1v) is 6.07. The van der Waals surface area contributed by atoms with Crippen LogP contribution in [0.1, 0.15) is 13.8 Å². The molecule has 1 aromatic carbocycles. The van der Waals surface area contributed by atoms with Crippen molar-refractivity contribution >= 4 is 44.8 Å². The first kappa shape index (κ1) is 12.9. The predicted octanol–water partition coefficient (Wildman–Crippen LogP) is 5.13. The normalized spacial score (nSPS) is 9.93. The largest absolute Gasteiger partial charge is 0.379 e. The Morgan fingerprint density at radius 1 is 1.33 bits per heavy atom. The summed E-state index contributed by atoms with van der Waals surface area (Å²) < 4.78 is 0.880. The van der Waals surface area contributed by atoms with Crippen molar-refractivity contribution in [2.24, 2.45) is 0 Å². The Hall–Kier alpha value is -0.180. The maximum absolute atomic E-state index is 6.05. The van der Waals surface area contributed by atoms with Gasteiger partial charge < -0.3 is 5.32 Å². The fourth-order valence-corrected chi connectivity index (χ4v) is 2.41. The Morgan fingerprint density at radius 3 is 2.33 bits per heavy atom. The van der Waals surface area contributed by atoms with E-state index in [-0.39, 0.29) is 0 Å². The highest BCUT2D eigenvalue weighted by Gasteiger charge is 2.05. The van der Waals surface area contributed by atoms with Gasteiger partial charge in [-0.3, -0.25) is 0 Å². The highest BCUT2D eigenvalue weighted by atomic mass is 79.9. The molecule has 15 heavy (non-hydrogen) atoms. The van der Waals surface area contributed by atoms with Crippen LogP contribution in [0, 0.1) is 0 Å². The summed E-state index contributed by atoms with van der Waals surface area (Å²) in [6.07, 6.45) is 2.08. The quantitative estimate of drug-likeness (QED) is 0.763. The van der Waals surface area contributed by atoms with Gasteiger partial charge in [0.05, 0.1) is 15.7 Å². The minimum absolute atomic E-state index is 0.622. The number of hydrogen-bond acceptors (Lipinski definition) is 1. The minimum Gasteiger partial charge on any atom is -0.379 e. The van der Waals surface area contributed by atoms with Gasteiger partial charge in [0, 0.05) is 11.0 Å². The molecule has 0 bridgehead atoms. The summed E-state index contributed by atoms with van der Waals surface area (Å²) in [5.74, 6) is 0. The zero-order valence-electron chi connectivity index (χ0n) is 8.57. The van der Waals surface area contributed by atoms with Crippen molar-refractivity contribution in [3.05, 3.63) is 38.3 Å². The molecule has 0 fully saturated rings. The lowest BCUT2D eigenvalue weighted by molar-refractivity contribution is 1.26. The van der Waals surface area contributed by atoms with E-state index < -0.39 is 0 Å². The van der Waals surface area contributed by atoms with Crippen molar-refractivity contribution < 1.29 is 0 Å². The van der Waals surface area contributed by atoms with E-state index in [0.29, 0.717) is 10.0 Å². The molecular weight excluding hydrogens is 297 g/mol. The number of anilines is 1. The Morgan fingerprint density at radius 2 is 1.87 bits per heavy atom. The SMILES string of the molecule is CC(C)=CCNc1c(Cl)cc(Br)cc1Cl. The molecule has 0 atom stereocenters. The van der Waals surface area contributed by atoms with E-state index in [1.165, 1.54) is 5.57 Å². The molecule has 0 spiro atoms. The third-order valence-corrected chi connectivity index (χ3v) is 2.85. The van der Waals surface area contributed by atoms with Crippen LogP contribution in [0.4, 0.5) is 5.69 Å². The van der Waals surface area contributed by atoms with Gasteiger partial charge in [-0.2, -0.15) is 0 Å². The van der Waals surface area contributed by atoms with Crippen LogP contribution < -0.4 is 5.32 Å². The van der Waals surface area contributed by atoms with Crippen LogP contribution in [0.25, 0.3) is 0 Å². The van der Waals surface area contributed by atoms with E-state index in [9.17, 15) is 0 Å². The van der Waals surface area contributed by atoms with Crippen LogP contribution in [-0.2, 0) is 0 Å². The summed E-state index contributed by atoms with van der Waals surface area (Å²) in [6.45, 7) is 4.82. The van der Waals surface area contributed by atoms with Gasteiger partial charge in [0.2, 0.25) is 0 Å². The molecule has 0 saturated heterocycles. The maximum Gasteiger partial charge on any atom is 0.0722 e. The molecule has 1 nitrogen and oxygen atoms in total. The van der Waals surface area contributed by atoms with E-state index in [2.05, 4.69) is 27.3 Å². The van der Waals surface area contributed by atoms with E-state index in [0.717, 1.165) is 16.7 Å². The van der Waals surface area contributed by atoms with Crippen molar-refractivity contribution in [2.45, 2.75) is 13.8 Å². The van der Waals surface area contributed by atoms with Crippen LogP contribution in [0.15, 0.2) is 28.3 Å². The molecule has 0 aliphatic heterocycles. The first-order chi connectivity index (χ1) is 7.00. The van der Waals surface area contributed by atoms with Gasteiger partial charge >= 0.3 is 0 Å². The molecule has 0 heterocycles. The van der Waals surface area contributed by atoms with Crippen molar-refractivity contribution in [3.63, 3.8) is 0 Å². The fraction of sp³-hybridized carbons (Fsp3) is 0.273. The number of nitrogens with one attached hydrogen (secondary N) is 1. The predicted molar refractivity (Wildman–Crippen MR) is 72.1 cm³/mol. The molecule has 0 amide bonds. The third-order valence-electron chi connectivity index (χ3n) is 1.80.